The Bertz CT molecular complexity index is 401. The van der Waals surface area contributed by atoms with Gasteiger partial charge in [0, 0.05) is 26.2 Å². The van der Waals surface area contributed by atoms with Crippen LogP contribution in [0.5, 0.6) is 0 Å². The van der Waals surface area contributed by atoms with Crippen molar-refractivity contribution in [1.29, 1.82) is 0 Å². The maximum absolute atomic E-state index is 12.9. The highest BCUT2D eigenvalue weighted by molar-refractivity contribution is 7.86. The second kappa shape index (κ2) is 7.90. The maximum Gasteiger partial charge on any atom is 0.281 e. The molecule has 1 saturated heterocycles. The van der Waals surface area contributed by atoms with E-state index < -0.39 is 10.2 Å². The van der Waals surface area contributed by atoms with Crippen molar-refractivity contribution < 1.29 is 8.42 Å². The zero-order valence-corrected chi connectivity index (χ0v) is 14.4. The van der Waals surface area contributed by atoms with Crippen LogP contribution in [-0.4, -0.2) is 56.3 Å². The Labute approximate surface area is 130 Å². The lowest BCUT2D eigenvalue weighted by atomic mass is 9.96. The zero-order valence-electron chi connectivity index (χ0n) is 13.6. The van der Waals surface area contributed by atoms with E-state index in [2.05, 4.69) is 5.32 Å². The van der Waals surface area contributed by atoms with Crippen LogP contribution < -0.4 is 5.32 Å². The summed E-state index contributed by atoms with van der Waals surface area (Å²) in [5, 5.41) is 3.34. The van der Waals surface area contributed by atoms with E-state index in [9.17, 15) is 8.42 Å². The van der Waals surface area contributed by atoms with Crippen molar-refractivity contribution in [2.45, 2.75) is 57.9 Å². The summed E-state index contributed by atoms with van der Waals surface area (Å²) in [6.07, 6.45) is 7.76. The molecule has 0 spiro atoms. The van der Waals surface area contributed by atoms with Gasteiger partial charge in [0.15, 0.2) is 0 Å². The smallest absolute Gasteiger partial charge is 0.281 e. The molecule has 0 aromatic heterocycles. The molecule has 0 aromatic rings. The lowest BCUT2D eigenvalue weighted by Crippen LogP contribution is -2.49. The molecule has 0 radical (unpaired) electrons. The molecule has 2 fully saturated rings. The SMILES string of the molecule is CCN(CC1CCNCC1)S(=O)(=O)N(C)C1CCCCC1. The summed E-state index contributed by atoms with van der Waals surface area (Å²) >= 11 is 0. The average molecular weight is 317 g/mol. The van der Waals surface area contributed by atoms with Crippen LogP contribution in [0, 0.1) is 5.92 Å². The van der Waals surface area contributed by atoms with Crippen molar-refractivity contribution in [1.82, 2.24) is 13.9 Å². The molecule has 21 heavy (non-hydrogen) atoms. The first kappa shape index (κ1) is 17.2. The van der Waals surface area contributed by atoms with Crippen molar-refractivity contribution in [3.05, 3.63) is 0 Å². The highest BCUT2D eigenvalue weighted by Crippen LogP contribution is 2.25. The number of nitrogens with zero attached hydrogens (tertiary/aromatic N) is 2. The lowest BCUT2D eigenvalue weighted by molar-refractivity contribution is 0.244. The van der Waals surface area contributed by atoms with Crippen LogP contribution in [0.25, 0.3) is 0 Å². The summed E-state index contributed by atoms with van der Waals surface area (Å²) in [5.41, 5.74) is 0. The number of nitrogens with one attached hydrogen (secondary N) is 1. The molecular formula is C15H31N3O2S. The van der Waals surface area contributed by atoms with E-state index in [4.69, 9.17) is 0 Å². The number of hydrogen-bond acceptors (Lipinski definition) is 3. The van der Waals surface area contributed by atoms with E-state index in [-0.39, 0.29) is 6.04 Å². The van der Waals surface area contributed by atoms with E-state index in [0.717, 1.165) is 51.6 Å². The van der Waals surface area contributed by atoms with Gasteiger partial charge in [-0.1, -0.05) is 26.2 Å². The molecule has 2 aliphatic rings. The lowest BCUT2D eigenvalue weighted by Gasteiger charge is -2.36. The van der Waals surface area contributed by atoms with Gasteiger partial charge in [0.1, 0.15) is 0 Å². The summed E-state index contributed by atoms with van der Waals surface area (Å²) in [4.78, 5) is 0. The minimum absolute atomic E-state index is 0.200. The van der Waals surface area contributed by atoms with Gasteiger partial charge >= 0.3 is 0 Å². The molecule has 1 aliphatic heterocycles. The van der Waals surface area contributed by atoms with Crippen LogP contribution in [0.15, 0.2) is 0 Å². The summed E-state index contributed by atoms with van der Waals surface area (Å²) in [7, 11) is -1.53. The molecule has 2 rings (SSSR count). The van der Waals surface area contributed by atoms with Crippen molar-refractivity contribution in [2.75, 3.05) is 33.2 Å². The molecule has 1 saturated carbocycles. The Morgan fingerprint density at radius 2 is 1.67 bits per heavy atom. The molecule has 0 atom stereocenters. The van der Waals surface area contributed by atoms with Crippen LogP contribution in [0.3, 0.4) is 0 Å². The van der Waals surface area contributed by atoms with Gasteiger partial charge in [0.25, 0.3) is 10.2 Å². The van der Waals surface area contributed by atoms with Gasteiger partial charge in [-0.25, -0.2) is 0 Å². The molecule has 1 N–H and O–H groups in total. The second-order valence-electron chi connectivity index (χ2n) is 6.46. The van der Waals surface area contributed by atoms with E-state index >= 15 is 0 Å². The minimum Gasteiger partial charge on any atom is -0.317 e. The second-order valence-corrected chi connectivity index (χ2v) is 8.45. The molecule has 1 heterocycles. The fraction of sp³-hybridized carbons (Fsp3) is 1.00. The van der Waals surface area contributed by atoms with Gasteiger partial charge in [-0.2, -0.15) is 17.0 Å². The van der Waals surface area contributed by atoms with E-state index in [1.807, 2.05) is 6.92 Å². The van der Waals surface area contributed by atoms with Gasteiger partial charge in [-0.05, 0) is 44.7 Å². The highest BCUT2D eigenvalue weighted by Gasteiger charge is 2.33. The predicted molar refractivity (Wildman–Crippen MR) is 86.4 cm³/mol. The average Bonchev–Trinajstić information content (AvgIpc) is 2.53. The molecule has 0 unspecified atom stereocenters. The summed E-state index contributed by atoms with van der Waals surface area (Å²) in [6, 6.07) is 0.200. The Hall–Kier alpha value is -0.170. The molecule has 6 heteroatoms. The Kier molecular flexibility index (Phi) is 6.47. The highest BCUT2D eigenvalue weighted by atomic mass is 32.2. The van der Waals surface area contributed by atoms with Crippen LogP contribution in [0.4, 0.5) is 0 Å². The first-order valence-corrected chi connectivity index (χ1v) is 9.89. The molecular weight excluding hydrogens is 286 g/mol. The van der Waals surface area contributed by atoms with Gasteiger partial charge in [-0.15, -0.1) is 0 Å². The van der Waals surface area contributed by atoms with Crippen molar-refractivity contribution in [2.24, 2.45) is 5.92 Å². The third kappa shape index (κ3) is 4.41. The van der Waals surface area contributed by atoms with E-state index in [1.165, 1.54) is 6.42 Å². The van der Waals surface area contributed by atoms with Gasteiger partial charge < -0.3 is 5.32 Å². The molecule has 0 amide bonds. The first-order chi connectivity index (χ1) is 10.1. The first-order valence-electron chi connectivity index (χ1n) is 8.49. The molecule has 124 valence electrons. The quantitative estimate of drug-likeness (QED) is 0.813. The Morgan fingerprint density at radius 3 is 2.24 bits per heavy atom. The topological polar surface area (TPSA) is 52.7 Å². The third-order valence-corrected chi connectivity index (χ3v) is 7.14. The van der Waals surface area contributed by atoms with Gasteiger partial charge in [-0.3, -0.25) is 0 Å². The number of piperidine rings is 1. The normalized spacial score (nSPS) is 23.0. The zero-order chi connectivity index (χ0) is 15.3. The summed E-state index contributed by atoms with van der Waals surface area (Å²) in [6.45, 7) is 5.23. The fourth-order valence-corrected chi connectivity index (χ4v) is 5.23. The van der Waals surface area contributed by atoms with Gasteiger partial charge in [0.2, 0.25) is 0 Å². The van der Waals surface area contributed by atoms with Crippen molar-refractivity contribution in [3.8, 4) is 0 Å². The summed E-state index contributed by atoms with van der Waals surface area (Å²) in [5.74, 6) is 0.501. The Morgan fingerprint density at radius 1 is 1.05 bits per heavy atom. The van der Waals surface area contributed by atoms with E-state index in [1.54, 1.807) is 15.7 Å². The number of rotatable bonds is 6. The largest absolute Gasteiger partial charge is 0.317 e. The maximum atomic E-state index is 12.9. The minimum atomic E-state index is -3.30. The van der Waals surface area contributed by atoms with Crippen LogP contribution >= 0.6 is 0 Å². The monoisotopic (exact) mass is 317 g/mol. The van der Waals surface area contributed by atoms with Gasteiger partial charge in [0.05, 0.1) is 0 Å². The van der Waals surface area contributed by atoms with Crippen molar-refractivity contribution in [3.63, 3.8) is 0 Å². The van der Waals surface area contributed by atoms with Crippen LogP contribution in [0.1, 0.15) is 51.9 Å². The van der Waals surface area contributed by atoms with Crippen LogP contribution in [-0.2, 0) is 10.2 Å². The Balaban J connectivity index is 1.99. The standard InChI is InChI=1S/C15H31N3O2S/c1-3-18(13-14-9-11-16-12-10-14)21(19,20)17(2)15-7-5-4-6-8-15/h14-16H,3-13H2,1-2H3. The fourth-order valence-electron chi connectivity index (χ4n) is 3.55. The molecule has 5 nitrogen and oxygen atoms in total. The molecule has 1 aliphatic carbocycles. The van der Waals surface area contributed by atoms with Crippen molar-refractivity contribution >= 4 is 10.2 Å². The summed E-state index contributed by atoms with van der Waals surface area (Å²) < 4.78 is 29.1. The third-order valence-electron chi connectivity index (χ3n) is 5.05. The predicted octanol–water partition coefficient (Wildman–Crippen LogP) is 1.82. The molecule has 0 bridgehead atoms. The number of hydrogen-bond donors (Lipinski definition) is 1. The van der Waals surface area contributed by atoms with Crippen LogP contribution in [0.2, 0.25) is 0 Å². The van der Waals surface area contributed by atoms with E-state index in [0.29, 0.717) is 19.0 Å². The molecule has 0 aromatic carbocycles.